The normalized spacial score (nSPS) is 15.2. The van der Waals surface area contributed by atoms with Crippen molar-refractivity contribution in [3.05, 3.63) is 48.2 Å². The maximum Gasteiger partial charge on any atom is 0.191 e. The zero-order valence-corrected chi connectivity index (χ0v) is 14.4. The van der Waals surface area contributed by atoms with Gasteiger partial charge in [-0.3, -0.25) is 4.99 Å². The molecule has 0 bridgehead atoms. The number of nitrogens with one attached hydrogen (secondary N) is 3. The Balaban J connectivity index is 0.00000161. The molecule has 0 saturated heterocycles. The Bertz CT molecular complexity index is 604. The summed E-state index contributed by atoms with van der Waals surface area (Å²) >= 11 is 0. The van der Waals surface area contributed by atoms with Crippen LogP contribution in [-0.4, -0.2) is 24.0 Å². The molecule has 1 aromatic heterocycles. The van der Waals surface area contributed by atoms with E-state index in [0.29, 0.717) is 6.04 Å². The topological polar surface area (TPSA) is 52.2 Å². The van der Waals surface area contributed by atoms with Crippen LogP contribution in [0.2, 0.25) is 0 Å². The molecule has 0 saturated carbocycles. The molecule has 0 unspecified atom stereocenters. The highest BCUT2D eigenvalue weighted by Gasteiger charge is 2.11. The fourth-order valence-electron chi connectivity index (χ4n) is 2.53. The van der Waals surface area contributed by atoms with Gasteiger partial charge in [-0.2, -0.15) is 0 Å². The maximum atomic E-state index is 4.27. The van der Waals surface area contributed by atoms with E-state index in [1.807, 2.05) is 13.1 Å². The van der Waals surface area contributed by atoms with E-state index in [2.05, 4.69) is 57.0 Å². The number of halogens is 1. The summed E-state index contributed by atoms with van der Waals surface area (Å²) in [5, 5.41) is 8.03. The highest BCUT2D eigenvalue weighted by molar-refractivity contribution is 14.0. The van der Waals surface area contributed by atoms with E-state index in [9.17, 15) is 0 Å². The number of aromatic nitrogens is 1. The Morgan fingerprint density at radius 1 is 1.29 bits per heavy atom. The van der Waals surface area contributed by atoms with Crippen molar-refractivity contribution in [3.8, 4) is 0 Å². The van der Waals surface area contributed by atoms with Crippen LogP contribution in [0.3, 0.4) is 0 Å². The lowest BCUT2D eigenvalue weighted by Gasteiger charge is -2.16. The molecule has 0 aliphatic heterocycles. The lowest BCUT2D eigenvalue weighted by atomic mass is 10.2. The van der Waals surface area contributed by atoms with E-state index in [-0.39, 0.29) is 24.0 Å². The lowest BCUT2D eigenvalue weighted by molar-refractivity contribution is 0.632. The van der Waals surface area contributed by atoms with Crippen molar-refractivity contribution in [1.29, 1.82) is 0 Å². The molecule has 3 N–H and O–H groups in total. The van der Waals surface area contributed by atoms with Gasteiger partial charge in [0.2, 0.25) is 0 Å². The van der Waals surface area contributed by atoms with Crippen molar-refractivity contribution in [2.75, 3.05) is 7.05 Å². The molecule has 1 aromatic carbocycles. The molecule has 0 fully saturated rings. The van der Waals surface area contributed by atoms with Crippen LogP contribution >= 0.6 is 24.0 Å². The van der Waals surface area contributed by atoms with Gasteiger partial charge < -0.3 is 15.6 Å². The van der Waals surface area contributed by atoms with E-state index in [0.717, 1.165) is 25.3 Å². The number of hydrogen-bond acceptors (Lipinski definition) is 1. The number of nitrogens with zero attached hydrogens (tertiary/aromatic N) is 1. The number of aliphatic imine (C=N–C) groups is 1. The Morgan fingerprint density at radius 2 is 2.05 bits per heavy atom. The number of fused-ring (bicyclic) bond motifs is 1. The first-order valence-electron chi connectivity index (χ1n) is 7.04. The molecule has 0 atom stereocenters. The van der Waals surface area contributed by atoms with Crippen molar-refractivity contribution in [2.24, 2.45) is 4.99 Å². The monoisotopic (exact) mass is 396 g/mol. The van der Waals surface area contributed by atoms with Gasteiger partial charge in [-0.15, -0.1) is 24.0 Å². The minimum absolute atomic E-state index is 0. The Kier molecular flexibility index (Phi) is 5.67. The fraction of sp³-hybridized carbons (Fsp3) is 0.312. The second-order valence-corrected chi connectivity index (χ2v) is 5.09. The van der Waals surface area contributed by atoms with Crippen molar-refractivity contribution in [2.45, 2.75) is 25.4 Å². The van der Waals surface area contributed by atoms with Crippen LogP contribution in [0.5, 0.6) is 0 Å². The zero-order chi connectivity index (χ0) is 13.8. The molecule has 0 amide bonds. The van der Waals surface area contributed by atoms with Gasteiger partial charge in [0, 0.05) is 24.3 Å². The minimum atomic E-state index is 0. The predicted molar refractivity (Wildman–Crippen MR) is 99.2 cm³/mol. The van der Waals surface area contributed by atoms with Crippen LogP contribution in [0.1, 0.15) is 18.5 Å². The van der Waals surface area contributed by atoms with Crippen LogP contribution in [0.25, 0.3) is 10.9 Å². The number of aromatic amines is 1. The second-order valence-electron chi connectivity index (χ2n) is 5.09. The van der Waals surface area contributed by atoms with Gasteiger partial charge in [0.25, 0.3) is 0 Å². The average molecular weight is 396 g/mol. The Hall–Kier alpha value is -1.50. The molecule has 1 heterocycles. The van der Waals surface area contributed by atoms with E-state index < -0.39 is 0 Å². The van der Waals surface area contributed by atoms with Gasteiger partial charge >= 0.3 is 0 Å². The van der Waals surface area contributed by atoms with Crippen molar-refractivity contribution in [1.82, 2.24) is 15.6 Å². The molecule has 0 spiro atoms. The van der Waals surface area contributed by atoms with Gasteiger partial charge in [-0.05, 0) is 30.4 Å². The molecular formula is C16H21IN4. The molecule has 21 heavy (non-hydrogen) atoms. The summed E-state index contributed by atoms with van der Waals surface area (Å²) in [7, 11) is 1.81. The largest absolute Gasteiger partial charge is 0.357 e. The first-order chi connectivity index (χ1) is 9.85. The maximum absolute atomic E-state index is 4.27. The fourth-order valence-corrected chi connectivity index (χ4v) is 2.53. The predicted octanol–water partition coefficient (Wildman–Crippen LogP) is 3.17. The number of hydrogen-bond donors (Lipinski definition) is 3. The van der Waals surface area contributed by atoms with Crippen molar-refractivity contribution < 1.29 is 0 Å². The van der Waals surface area contributed by atoms with E-state index in [1.54, 1.807) is 0 Å². The molecule has 4 nitrogen and oxygen atoms in total. The zero-order valence-electron chi connectivity index (χ0n) is 12.1. The number of guanidine groups is 1. The lowest BCUT2D eigenvalue weighted by Crippen LogP contribution is -2.42. The quantitative estimate of drug-likeness (QED) is 0.323. The van der Waals surface area contributed by atoms with Gasteiger partial charge in [0.05, 0.1) is 6.54 Å². The van der Waals surface area contributed by atoms with Crippen LogP contribution < -0.4 is 10.6 Å². The smallest absolute Gasteiger partial charge is 0.191 e. The summed E-state index contributed by atoms with van der Waals surface area (Å²) in [6.07, 6.45) is 6.57. The molecule has 5 heteroatoms. The van der Waals surface area contributed by atoms with Gasteiger partial charge in [0.1, 0.15) is 0 Å². The van der Waals surface area contributed by atoms with E-state index in [4.69, 9.17) is 0 Å². The molecule has 3 rings (SSSR count). The minimum Gasteiger partial charge on any atom is -0.357 e. The number of rotatable bonds is 3. The molecule has 1 aliphatic rings. The number of benzene rings is 1. The first-order valence-corrected chi connectivity index (χ1v) is 7.04. The molecule has 2 aromatic rings. The molecule has 0 radical (unpaired) electrons. The van der Waals surface area contributed by atoms with Gasteiger partial charge in [-0.25, -0.2) is 0 Å². The average Bonchev–Trinajstić information content (AvgIpc) is 3.12. The Morgan fingerprint density at radius 3 is 2.76 bits per heavy atom. The third kappa shape index (κ3) is 4.00. The summed E-state index contributed by atoms with van der Waals surface area (Å²) in [4.78, 5) is 7.68. The first kappa shape index (κ1) is 15.9. The molecule has 1 aliphatic carbocycles. The van der Waals surface area contributed by atoms with Gasteiger partial charge in [-0.1, -0.05) is 30.4 Å². The van der Waals surface area contributed by atoms with Crippen LogP contribution in [-0.2, 0) is 6.54 Å². The third-order valence-corrected chi connectivity index (χ3v) is 3.60. The molecular weight excluding hydrogens is 375 g/mol. The van der Waals surface area contributed by atoms with Crippen LogP contribution in [0, 0.1) is 0 Å². The van der Waals surface area contributed by atoms with Crippen molar-refractivity contribution >= 4 is 40.8 Å². The second kappa shape index (κ2) is 7.49. The number of para-hydroxylation sites is 1. The van der Waals surface area contributed by atoms with E-state index in [1.165, 1.54) is 16.6 Å². The standard InChI is InChI=1S/C16H20N4.HI/c1-17-16(20-13-7-3-4-8-13)18-11-14-10-12-6-2-5-9-15(12)19-14;/h2-6,9-10,13,19H,7-8,11H2,1H3,(H2,17,18,20);1H. The highest BCUT2D eigenvalue weighted by atomic mass is 127. The summed E-state index contributed by atoms with van der Waals surface area (Å²) in [6, 6.07) is 11.0. The van der Waals surface area contributed by atoms with E-state index >= 15 is 0 Å². The third-order valence-electron chi connectivity index (χ3n) is 3.60. The summed E-state index contributed by atoms with van der Waals surface area (Å²) in [5.74, 6) is 0.859. The SMILES string of the molecule is CN=C(NCc1cc2ccccc2[nH]1)NC1CC=CC1.I. The summed E-state index contributed by atoms with van der Waals surface area (Å²) in [5.41, 5.74) is 2.34. The van der Waals surface area contributed by atoms with Crippen LogP contribution in [0.4, 0.5) is 0 Å². The molecule has 112 valence electrons. The van der Waals surface area contributed by atoms with Crippen molar-refractivity contribution in [3.63, 3.8) is 0 Å². The summed E-state index contributed by atoms with van der Waals surface area (Å²) in [6.45, 7) is 0.745. The highest BCUT2D eigenvalue weighted by Crippen LogP contribution is 2.14. The number of H-pyrrole nitrogens is 1. The van der Waals surface area contributed by atoms with Crippen LogP contribution in [0.15, 0.2) is 47.5 Å². The van der Waals surface area contributed by atoms with Gasteiger partial charge in [0.15, 0.2) is 5.96 Å². The summed E-state index contributed by atoms with van der Waals surface area (Å²) < 4.78 is 0. The Labute approximate surface area is 142 Å².